The van der Waals surface area contributed by atoms with E-state index in [9.17, 15) is 0 Å². The van der Waals surface area contributed by atoms with Gasteiger partial charge in [-0.3, -0.25) is 0 Å². The Morgan fingerprint density at radius 1 is 1.30 bits per heavy atom. The summed E-state index contributed by atoms with van der Waals surface area (Å²) in [5, 5.41) is 6.82. The molecule has 0 spiro atoms. The molecule has 1 fully saturated rings. The van der Waals surface area contributed by atoms with Crippen LogP contribution in [0.5, 0.6) is 5.75 Å². The normalized spacial score (nSPS) is 17.5. The van der Waals surface area contributed by atoms with Crippen molar-refractivity contribution in [3.8, 4) is 5.75 Å². The highest BCUT2D eigenvalue weighted by atomic mass is 127. The molecule has 1 atom stereocenters. The van der Waals surface area contributed by atoms with E-state index < -0.39 is 0 Å². The number of aliphatic imine (C=N–C) groups is 1. The minimum atomic E-state index is 0. The van der Waals surface area contributed by atoms with Crippen LogP contribution in [0.1, 0.15) is 24.5 Å². The smallest absolute Gasteiger partial charge is 0.191 e. The van der Waals surface area contributed by atoms with Crippen molar-refractivity contribution in [1.29, 1.82) is 0 Å². The third kappa shape index (κ3) is 8.66. The van der Waals surface area contributed by atoms with E-state index in [-0.39, 0.29) is 24.0 Å². The Kier molecular flexibility index (Phi) is 11.7. The summed E-state index contributed by atoms with van der Waals surface area (Å²) < 4.78 is 10.9. The Labute approximate surface area is 181 Å². The van der Waals surface area contributed by atoms with Crippen molar-refractivity contribution in [3.05, 3.63) is 29.3 Å². The Balaban J connectivity index is 0.00000364. The number of ether oxygens (including phenoxy) is 2. The Morgan fingerprint density at radius 3 is 2.78 bits per heavy atom. The lowest BCUT2D eigenvalue weighted by Crippen LogP contribution is -2.40. The summed E-state index contributed by atoms with van der Waals surface area (Å²) in [6.07, 6.45) is 1.25. The van der Waals surface area contributed by atoms with Crippen LogP contribution in [0.25, 0.3) is 0 Å². The number of benzene rings is 1. The van der Waals surface area contributed by atoms with Crippen LogP contribution in [0, 0.1) is 12.8 Å². The van der Waals surface area contributed by atoms with Crippen LogP contribution >= 0.6 is 24.0 Å². The molecule has 1 aromatic carbocycles. The van der Waals surface area contributed by atoms with Gasteiger partial charge in [-0.2, -0.15) is 0 Å². The first-order chi connectivity index (χ1) is 12.6. The number of hydrogen-bond acceptors (Lipinski definition) is 4. The second kappa shape index (κ2) is 13.2. The molecule has 7 heteroatoms. The lowest BCUT2D eigenvalue weighted by Gasteiger charge is -2.16. The zero-order valence-electron chi connectivity index (χ0n) is 17.1. The largest absolute Gasteiger partial charge is 0.491 e. The van der Waals surface area contributed by atoms with Crippen LogP contribution < -0.4 is 15.4 Å². The molecule has 0 bridgehead atoms. The average molecular weight is 490 g/mol. The standard InChI is InChI=1S/C20H34N4O2.HI/c1-5-21-20(22-13-17-8-9-24(3)15-17)23-14-18-7-6-16(2)12-19(18)26-11-10-25-4;/h6-7,12,17H,5,8-11,13-15H2,1-4H3,(H2,21,22,23);1H. The molecular formula is C20H35IN4O2. The first-order valence-corrected chi connectivity index (χ1v) is 9.54. The number of rotatable bonds is 9. The molecule has 27 heavy (non-hydrogen) atoms. The number of guanidine groups is 1. The highest BCUT2D eigenvalue weighted by Crippen LogP contribution is 2.21. The van der Waals surface area contributed by atoms with Gasteiger partial charge in [0.25, 0.3) is 0 Å². The zero-order valence-corrected chi connectivity index (χ0v) is 19.4. The highest BCUT2D eigenvalue weighted by Gasteiger charge is 2.19. The number of hydrogen-bond donors (Lipinski definition) is 2. The first kappa shape index (κ1) is 24.0. The quantitative estimate of drug-likeness (QED) is 0.241. The van der Waals surface area contributed by atoms with Gasteiger partial charge in [0.2, 0.25) is 0 Å². The third-order valence-corrected chi connectivity index (χ3v) is 4.57. The molecule has 2 rings (SSSR count). The van der Waals surface area contributed by atoms with Gasteiger partial charge in [0.1, 0.15) is 12.4 Å². The molecule has 0 radical (unpaired) electrons. The maximum Gasteiger partial charge on any atom is 0.191 e. The SMILES string of the molecule is CCNC(=NCc1ccc(C)cc1OCCOC)NCC1CCN(C)C1.I. The second-order valence-electron chi connectivity index (χ2n) is 6.95. The van der Waals surface area contributed by atoms with Crippen molar-refractivity contribution in [2.45, 2.75) is 26.8 Å². The minimum Gasteiger partial charge on any atom is -0.491 e. The number of aryl methyl sites for hydroxylation is 1. The number of methoxy groups -OCH3 is 1. The van der Waals surface area contributed by atoms with Gasteiger partial charge in [0.15, 0.2) is 5.96 Å². The summed E-state index contributed by atoms with van der Waals surface area (Å²) in [5.74, 6) is 2.45. The topological polar surface area (TPSA) is 58.1 Å². The van der Waals surface area contributed by atoms with Crippen LogP contribution in [-0.4, -0.2) is 64.4 Å². The van der Waals surface area contributed by atoms with E-state index >= 15 is 0 Å². The predicted molar refractivity (Wildman–Crippen MR) is 122 cm³/mol. The van der Waals surface area contributed by atoms with Crippen LogP contribution in [0.15, 0.2) is 23.2 Å². The van der Waals surface area contributed by atoms with Gasteiger partial charge < -0.3 is 25.0 Å². The highest BCUT2D eigenvalue weighted by molar-refractivity contribution is 14.0. The van der Waals surface area contributed by atoms with Gasteiger partial charge in [-0.05, 0) is 51.4 Å². The van der Waals surface area contributed by atoms with E-state index in [1.165, 1.54) is 18.5 Å². The number of likely N-dealkylation sites (tertiary alicyclic amines) is 1. The molecule has 1 unspecified atom stereocenters. The fraction of sp³-hybridized carbons (Fsp3) is 0.650. The predicted octanol–water partition coefficient (Wildman–Crippen LogP) is 2.65. The van der Waals surface area contributed by atoms with Crippen LogP contribution in [0.3, 0.4) is 0 Å². The van der Waals surface area contributed by atoms with Crippen molar-refractivity contribution in [2.75, 3.05) is 53.6 Å². The molecule has 1 aliphatic rings. The monoisotopic (exact) mass is 490 g/mol. The third-order valence-electron chi connectivity index (χ3n) is 4.57. The molecule has 2 N–H and O–H groups in total. The maximum absolute atomic E-state index is 5.86. The van der Waals surface area contributed by atoms with Crippen LogP contribution in [0.4, 0.5) is 0 Å². The molecule has 0 amide bonds. The van der Waals surface area contributed by atoms with E-state index in [0.717, 1.165) is 36.9 Å². The van der Waals surface area contributed by atoms with E-state index in [1.54, 1.807) is 7.11 Å². The summed E-state index contributed by atoms with van der Waals surface area (Å²) in [6, 6.07) is 6.26. The number of halogens is 1. The fourth-order valence-corrected chi connectivity index (χ4v) is 3.10. The molecule has 154 valence electrons. The van der Waals surface area contributed by atoms with E-state index in [4.69, 9.17) is 14.5 Å². The van der Waals surface area contributed by atoms with Gasteiger partial charge in [0.05, 0.1) is 13.2 Å². The van der Waals surface area contributed by atoms with E-state index in [2.05, 4.69) is 54.6 Å². The van der Waals surface area contributed by atoms with Crippen molar-refractivity contribution >= 4 is 29.9 Å². The molecule has 1 heterocycles. The first-order valence-electron chi connectivity index (χ1n) is 9.54. The zero-order chi connectivity index (χ0) is 18.8. The molecule has 1 aromatic rings. The lowest BCUT2D eigenvalue weighted by atomic mass is 10.1. The van der Waals surface area contributed by atoms with Gasteiger partial charge in [-0.1, -0.05) is 12.1 Å². The van der Waals surface area contributed by atoms with Gasteiger partial charge in [0, 0.05) is 32.3 Å². The molecular weight excluding hydrogens is 455 g/mol. The molecule has 1 aliphatic heterocycles. The fourth-order valence-electron chi connectivity index (χ4n) is 3.10. The molecule has 1 saturated heterocycles. The van der Waals surface area contributed by atoms with Crippen LogP contribution in [0.2, 0.25) is 0 Å². The summed E-state index contributed by atoms with van der Waals surface area (Å²) in [7, 11) is 3.86. The maximum atomic E-state index is 5.86. The lowest BCUT2D eigenvalue weighted by molar-refractivity contribution is 0.145. The van der Waals surface area contributed by atoms with Gasteiger partial charge in [-0.15, -0.1) is 24.0 Å². The van der Waals surface area contributed by atoms with E-state index in [1.807, 2.05) is 0 Å². The van der Waals surface area contributed by atoms with E-state index in [0.29, 0.717) is 25.7 Å². The van der Waals surface area contributed by atoms with Gasteiger partial charge >= 0.3 is 0 Å². The Hall–Kier alpha value is -1.06. The minimum absolute atomic E-state index is 0. The van der Waals surface area contributed by atoms with Crippen molar-refractivity contribution in [1.82, 2.24) is 15.5 Å². The Bertz CT molecular complexity index is 583. The van der Waals surface area contributed by atoms with Crippen LogP contribution in [-0.2, 0) is 11.3 Å². The van der Waals surface area contributed by atoms with Crippen molar-refractivity contribution < 1.29 is 9.47 Å². The molecule has 0 aliphatic carbocycles. The van der Waals surface area contributed by atoms with Crippen molar-refractivity contribution in [3.63, 3.8) is 0 Å². The van der Waals surface area contributed by atoms with Crippen molar-refractivity contribution in [2.24, 2.45) is 10.9 Å². The summed E-state index contributed by atoms with van der Waals surface area (Å²) >= 11 is 0. The molecule has 0 saturated carbocycles. The number of nitrogens with one attached hydrogen (secondary N) is 2. The summed E-state index contributed by atoms with van der Waals surface area (Å²) in [4.78, 5) is 7.13. The van der Waals surface area contributed by atoms with Gasteiger partial charge in [-0.25, -0.2) is 4.99 Å². The second-order valence-corrected chi connectivity index (χ2v) is 6.95. The number of nitrogens with zero attached hydrogens (tertiary/aromatic N) is 2. The Morgan fingerprint density at radius 2 is 2.11 bits per heavy atom. The summed E-state index contributed by atoms with van der Waals surface area (Å²) in [5.41, 5.74) is 2.27. The average Bonchev–Trinajstić information content (AvgIpc) is 3.04. The molecule has 6 nitrogen and oxygen atoms in total. The molecule has 0 aromatic heterocycles. The summed E-state index contributed by atoms with van der Waals surface area (Å²) in [6.45, 7) is 10.0.